The molecule has 1 unspecified atom stereocenters. The van der Waals surface area contributed by atoms with Crippen molar-refractivity contribution in [3.63, 3.8) is 0 Å². The smallest absolute Gasteiger partial charge is 0.233 e. The predicted octanol–water partition coefficient (Wildman–Crippen LogP) is 0.193. The van der Waals surface area contributed by atoms with Gasteiger partial charge in [-0.1, -0.05) is 13.8 Å². The molecule has 0 heterocycles. The highest BCUT2D eigenvalue weighted by Crippen LogP contribution is 2.07. The van der Waals surface area contributed by atoms with Gasteiger partial charge in [0.25, 0.3) is 0 Å². The van der Waals surface area contributed by atoms with E-state index in [1.807, 2.05) is 13.8 Å². The lowest BCUT2D eigenvalue weighted by Gasteiger charge is -2.14. The van der Waals surface area contributed by atoms with Gasteiger partial charge in [-0.25, -0.2) is 0 Å². The summed E-state index contributed by atoms with van der Waals surface area (Å²) in [6.07, 6.45) is 0. The minimum atomic E-state index is -0.285. The third-order valence-electron chi connectivity index (χ3n) is 1.70. The van der Waals surface area contributed by atoms with E-state index in [0.717, 1.165) is 0 Å². The minimum absolute atomic E-state index is 0.0892. The molecular weight excluding hydrogens is 200 g/mol. The average molecular weight is 218 g/mol. The molecule has 0 aliphatic carbocycles. The van der Waals surface area contributed by atoms with E-state index >= 15 is 0 Å². The quantitative estimate of drug-likeness (QED) is 0.456. The Kier molecular flexibility index (Phi) is 6.36. The van der Waals surface area contributed by atoms with Crippen LogP contribution in [0.1, 0.15) is 20.8 Å². The molecule has 5 heteroatoms. The highest BCUT2D eigenvalue weighted by Gasteiger charge is 2.16. The van der Waals surface area contributed by atoms with Gasteiger partial charge in [-0.2, -0.15) is 12.6 Å². The first-order chi connectivity index (χ1) is 6.45. The fourth-order valence-corrected chi connectivity index (χ4v) is 0.923. The van der Waals surface area contributed by atoms with Crippen molar-refractivity contribution in [3.05, 3.63) is 0 Å². The standard InChI is InChI=1S/C9H18N2O2S/c1-6(2)8(14)9(13)11-5-4-10-7(3)12/h6,8,14H,4-5H2,1-3H3,(H,10,12)(H,11,13). The van der Waals surface area contributed by atoms with Crippen molar-refractivity contribution in [2.24, 2.45) is 5.92 Å². The van der Waals surface area contributed by atoms with Gasteiger partial charge in [0, 0.05) is 20.0 Å². The van der Waals surface area contributed by atoms with E-state index < -0.39 is 0 Å². The topological polar surface area (TPSA) is 58.2 Å². The molecule has 0 saturated heterocycles. The van der Waals surface area contributed by atoms with Crippen molar-refractivity contribution in [2.75, 3.05) is 13.1 Å². The number of hydrogen-bond acceptors (Lipinski definition) is 3. The molecule has 2 N–H and O–H groups in total. The Balaban J connectivity index is 3.59. The third kappa shape index (κ3) is 5.85. The molecule has 0 spiro atoms. The SMILES string of the molecule is CC(=O)NCCNC(=O)C(S)C(C)C. The van der Waals surface area contributed by atoms with Crippen LogP contribution in [-0.4, -0.2) is 30.2 Å². The Hall–Kier alpha value is -0.710. The van der Waals surface area contributed by atoms with Crippen LogP contribution in [0.5, 0.6) is 0 Å². The van der Waals surface area contributed by atoms with Gasteiger partial charge in [-0.3, -0.25) is 9.59 Å². The van der Waals surface area contributed by atoms with Crippen LogP contribution >= 0.6 is 12.6 Å². The zero-order chi connectivity index (χ0) is 11.1. The predicted molar refractivity (Wildman–Crippen MR) is 59.3 cm³/mol. The molecule has 0 aliphatic heterocycles. The highest BCUT2D eigenvalue weighted by molar-refractivity contribution is 7.81. The summed E-state index contributed by atoms with van der Waals surface area (Å²) < 4.78 is 0. The Morgan fingerprint density at radius 3 is 2.14 bits per heavy atom. The van der Waals surface area contributed by atoms with Crippen molar-refractivity contribution in [2.45, 2.75) is 26.0 Å². The molecule has 0 saturated carbocycles. The van der Waals surface area contributed by atoms with Gasteiger partial charge in [0.2, 0.25) is 11.8 Å². The number of rotatable bonds is 5. The largest absolute Gasteiger partial charge is 0.355 e. The van der Waals surface area contributed by atoms with Crippen LogP contribution in [0.15, 0.2) is 0 Å². The van der Waals surface area contributed by atoms with E-state index in [9.17, 15) is 9.59 Å². The van der Waals surface area contributed by atoms with Crippen LogP contribution in [0.25, 0.3) is 0 Å². The number of thiol groups is 1. The summed E-state index contributed by atoms with van der Waals surface area (Å²) >= 11 is 4.16. The molecule has 0 aromatic rings. The van der Waals surface area contributed by atoms with Crippen LogP contribution in [0.4, 0.5) is 0 Å². The second-order valence-corrected chi connectivity index (χ2v) is 4.02. The zero-order valence-electron chi connectivity index (χ0n) is 8.83. The second kappa shape index (κ2) is 6.70. The normalized spacial score (nSPS) is 12.4. The van der Waals surface area contributed by atoms with Crippen LogP contribution in [0, 0.1) is 5.92 Å². The summed E-state index contributed by atoms with van der Waals surface area (Å²) in [5.41, 5.74) is 0. The molecule has 0 radical (unpaired) electrons. The van der Waals surface area contributed by atoms with Gasteiger partial charge in [0.1, 0.15) is 0 Å². The Bertz CT molecular complexity index is 207. The van der Waals surface area contributed by atoms with E-state index in [1.54, 1.807) is 0 Å². The first-order valence-electron chi connectivity index (χ1n) is 4.65. The Morgan fingerprint density at radius 1 is 1.21 bits per heavy atom. The van der Waals surface area contributed by atoms with Gasteiger partial charge >= 0.3 is 0 Å². The van der Waals surface area contributed by atoms with Crippen molar-refractivity contribution in [3.8, 4) is 0 Å². The molecule has 2 amide bonds. The molecule has 0 bridgehead atoms. The summed E-state index contributed by atoms with van der Waals surface area (Å²) in [5, 5.41) is 4.99. The molecule has 0 rings (SSSR count). The third-order valence-corrected chi connectivity index (χ3v) is 2.53. The summed E-state index contributed by atoms with van der Waals surface area (Å²) in [5.74, 6) is 0.0262. The lowest BCUT2D eigenvalue weighted by Crippen LogP contribution is -2.39. The minimum Gasteiger partial charge on any atom is -0.355 e. The highest BCUT2D eigenvalue weighted by atomic mass is 32.1. The summed E-state index contributed by atoms with van der Waals surface area (Å²) in [6, 6.07) is 0. The summed E-state index contributed by atoms with van der Waals surface area (Å²) in [6.45, 7) is 6.22. The van der Waals surface area contributed by atoms with E-state index in [-0.39, 0.29) is 23.0 Å². The van der Waals surface area contributed by atoms with Gasteiger partial charge in [-0.05, 0) is 5.92 Å². The molecule has 4 nitrogen and oxygen atoms in total. The molecule has 14 heavy (non-hydrogen) atoms. The maximum atomic E-state index is 11.3. The fraction of sp³-hybridized carbons (Fsp3) is 0.778. The lowest BCUT2D eigenvalue weighted by molar-refractivity contribution is -0.122. The molecule has 1 atom stereocenters. The first kappa shape index (κ1) is 13.3. The summed E-state index contributed by atoms with van der Waals surface area (Å²) in [4.78, 5) is 21.8. The van der Waals surface area contributed by atoms with Crippen molar-refractivity contribution in [1.29, 1.82) is 0 Å². The Labute approximate surface area is 90.2 Å². The second-order valence-electron chi connectivity index (χ2n) is 3.46. The van der Waals surface area contributed by atoms with Crippen LogP contribution in [0.3, 0.4) is 0 Å². The molecule has 0 aliphatic rings. The monoisotopic (exact) mass is 218 g/mol. The number of hydrogen-bond donors (Lipinski definition) is 3. The number of carbonyl (C=O) groups excluding carboxylic acids is 2. The van der Waals surface area contributed by atoms with Crippen molar-refractivity contribution >= 4 is 24.4 Å². The van der Waals surface area contributed by atoms with Gasteiger partial charge < -0.3 is 10.6 Å². The van der Waals surface area contributed by atoms with Gasteiger partial charge in [0.05, 0.1) is 5.25 Å². The lowest BCUT2D eigenvalue weighted by atomic mass is 10.1. The zero-order valence-corrected chi connectivity index (χ0v) is 9.73. The van der Waals surface area contributed by atoms with Crippen LogP contribution in [0.2, 0.25) is 0 Å². The van der Waals surface area contributed by atoms with Gasteiger partial charge in [-0.15, -0.1) is 0 Å². The maximum absolute atomic E-state index is 11.3. The van der Waals surface area contributed by atoms with E-state index in [0.29, 0.717) is 13.1 Å². The van der Waals surface area contributed by atoms with E-state index in [1.165, 1.54) is 6.92 Å². The number of nitrogens with one attached hydrogen (secondary N) is 2. The number of amides is 2. The first-order valence-corrected chi connectivity index (χ1v) is 5.17. The van der Waals surface area contributed by atoms with E-state index in [4.69, 9.17) is 0 Å². The van der Waals surface area contributed by atoms with Crippen molar-refractivity contribution in [1.82, 2.24) is 10.6 Å². The van der Waals surface area contributed by atoms with Crippen molar-refractivity contribution < 1.29 is 9.59 Å². The maximum Gasteiger partial charge on any atom is 0.233 e. The summed E-state index contributed by atoms with van der Waals surface area (Å²) in [7, 11) is 0. The molecule has 0 aromatic carbocycles. The molecule has 0 fully saturated rings. The molecule has 82 valence electrons. The van der Waals surface area contributed by atoms with Gasteiger partial charge in [0.15, 0.2) is 0 Å². The number of carbonyl (C=O) groups is 2. The van der Waals surface area contributed by atoms with Crippen LogP contribution in [-0.2, 0) is 9.59 Å². The average Bonchev–Trinajstić information content (AvgIpc) is 2.10. The van der Waals surface area contributed by atoms with E-state index in [2.05, 4.69) is 23.3 Å². The molecular formula is C9H18N2O2S. The fourth-order valence-electron chi connectivity index (χ4n) is 0.832. The molecule has 0 aromatic heterocycles. The van der Waals surface area contributed by atoms with Crippen LogP contribution < -0.4 is 10.6 Å². The Morgan fingerprint density at radius 2 is 1.71 bits per heavy atom.